The van der Waals surface area contributed by atoms with Gasteiger partial charge in [0.05, 0.1) is 13.2 Å². The lowest BCUT2D eigenvalue weighted by Gasteiger charge is -2.26. The summed E-state index contributed by atoms with van der Waals surface area (Å²) in [5.74, 6) is 1.63. The van der Waals surface area contributed by atoms with Crippen LogP contribution in [0.3, 0.4) is 0 Å². The molecular formula is C19H21ClN2O3. The number of urea groups is 1. The number of amides is 2. The highest BCUT2D eigenvalue weighted by Crippen LogP contribution is 2.28. The van der Waals surface area contributed by atoms with Crippen molar-refractivity contribution in [2.24, 2.45) is 0 Å². The summed E-state index contributed by atoms with van der Waals surface area (Å²) in [7, 11) is 1.63. The molecule has 0 radical (unpaired) electrons. The molecule has 1 aliphatic rings. The second kappa shape index (κ2) is 8.12. The fraction of sp³-hybridized carbons (Fsp3) is 0.316. The average molecular weight is 361 g/mol. The molecule has 2 aromatic carbocycles. The van der Waals surface area contributed by atoms with Gasteiger partial charge in [0.15, 0.2) is 0 Å². The summed E-state index contributed by atoms with van der Waals surface area (Å²) in [6.07, 6.45) is 1.40. The highest BCUT2D eigenvalue weighted by atomic mass is 35.5. The number of methoxy groups -OCH3 is 1. The zero-order chi connectivity index (χ0) is 17.6. The van der Waals surface area contributed by atoms with E-state index >= 15 is 0 Å². The van der Waals surface area contributed by atoms with Crippen LogP contribution in [0.1, 0.15) is 11.1 Å². The fourth-order valence-corrected chi connectivity index (χ4v) is 3.07. The van der Waals surface area contributed by atoms with E-state index in [0.29, 0.717) is 26.0 Å². The molecule has 6 heteroatoms. The van der Waals surface area contributed by atoms with Crippen LogP contribution in [0.25, 0.3) is 0 Å². The van der Waals surface area contributed by atoms with Crippen molar-refractivity contribution in [1.82, 2.24) is 10.6 Å². The van der Waals surface area contributed by atoms with Crippen molar-refractivity contribution in [2.75, 3.05) is 20.3 Å². The molecule has 0 saturated carbocycles. The molecule has 25 heavy (non-hydrogen) atoms. The third-order valence-corrected chi connectivity index (χ3v) is 4.52. The second-order valence-corrected chi connectivity index (χ2v) is 6.33. The van der Waals surface area contributed by atoms with Gasteiger partial charge >= 0.3 is 6.03 Å². The summed E-state index contributed by atoms with van der Waals surface area (Å²) in [4.78, 5) is 12.1. The van der Waals surface area contributed by atoms with Crippen molar-refractivity contribution in [2.45, 2.75) is 18.9 Å². The zero-order valence-electron chi connectivity index (χ0n) is 14.0. The Morgan fingerprint density at radius 3 is 2.96 bits per heavy atom. The van der Waals surface area contributed by atoms with E-state index in [-0.39, 0.29) is 12.1 Å². The number of hydrogen-bond donors (Lipinski definition) is 2. The monoisotopic (exact) mass is 360 g/mol. The predicted octanol–water partition coefficient (Wildman–Crippen LogP) is 3.19. The SMILES string of the molecule is COc1ccc2c(c1)CC(NC(=O)NCCc1ccccc1Cl)CO2. The van der Waals surface area contributed by atoms with Crippen molar-refractivity contribution in [3.63, 3.8) is 0 Å². The zero-order valence-corrected chi connectivity index (χ0v) is 14.8. The molecule has 0 spiro atoms. The minimum atomic E-state index is -0.202. The Hall–Kier alpha value is -2.40. The van der Waals surface area contributed by atoms with Crippen molar-refractivity contribution < 1.29 is 14.3 Å². The van der Waals surface area contributed by atoms with E-state index in [9.17, 15) is 4.79 Å². The Morgan fingerprint density at radius 1 is 1.32 bits per heavy atom. The van der Waals surface area contributed by atoms with Gasteiger partial charge in [0.1, 0.15) is 18.1 Å². The topological polar surface area (TPSA) is 59.6 Å². The molecule has 1 heterocycles. The summed E-state index contributed by atoms with van der Waals surface area (Å²) >= 11 is 6.11. The van der Waals surface area contributed by atoms with Gasteiger partial charge in [-0.25, -0.2) is 4.79 Å². The summed E-state index contributed by atoms with van der Waals surface area (Å²) in [5.41, 5.74) is 2.05. The molecule has 2 N–H and O–H groups in total. The maximum atomic E-state index is 12.1. The molecule has 5 nitrogen and oxygen atoms in total. The van der Waals surface area contributed by atoms with Crippen molar-refractivity contribution in [3.05, 3.63) is 58.6 Å². The quantitative estimate of drug-likeness (QED) is 0.860. The number of carbonyl (C=O) groups excluding carboxylic acids is 1. The number of fused-ring (bicyclic) bond motifs is 1. The maximum Gasteiger partial charge on any atom is 0.315 e. The lowest BCUT2D eigenvalue weighted by Crippen LogP contribution is -2.47. The minimum Gasteiger partial charge on any atom is -0.497 e. The van der Waals surface area contributed by atoms with Gasteiger partial charge in [0.2, 0.25) is 0 Å². The molecule has 0 aromatic heterocycles. The predicted molar refractivity (Wildman–Crippen MR) is 97.7 cm³/mol. The summed E-state index contributed by atoms with van der Waals surface area (Å²) in [5, 5.41) is 6.53. The molecule has 1 atom stereocenters. The van der Waals surface area contributed by atoms with Crippen LogP contribution in [-0.4, -0.2) is 32.3 Å². The summed E-state index contributed by atoms with van der Waals surface area (Å²) < 4.78 is 10.9. The first-order valence-electron chi connectivity index (χ1n) is 8.23. The van der Waals surface area contributed by atoms with Crippen LogP contribution >= 0.6 is 11.6 Å². The first kappa shape index (κ1) is 17.4. The van der Waals surface area contributed by atoms with Crippen LogP contribution in [-0.2, 0) is 12.8 Å². The van der Waals surface area contributed by atoms with E-state index in [1.165, 1.54) is 0 Å². The van der Waals surface area contributed by atoms with Gasteiger partial charge in [-0.15, -0.1) is 0 Å². The third-order valence-electron chi connectivity index (χ3n) is 4.15. The van der Waals surface area contributed by atoms with Crippen molar-refractivity contribution in [1.29, 1.82) is 0 Å². The summed E-state index contributed by atoms with van der Waals surface area (Å²) in [6, 6.07) is 13.1. The van der Waals surface area contributed by atoms with Crippen LogP contribution in [0.5, 0.6) is 11.5 Å². The van der Waals surface area contributed by atoms with E-state index in [2.05, 4.69) is 10.6 Å². The van der Waals surface area contributed by atoms with Gasteiger partial charge in [0.25, 0.3) is 0 Å². The standard InChI is InChI=1S/C19H21ClN2O3/c1-24-16-6-7-18-14(11-16)10-15(12-25-18)22-19(23)21-9-8-13-4-2-3-5-17(13)20/h2-7,11,15H,8-10,12H2,1H3,(H2,21,22,23). The smallest absolute Gasteiger partial charge is 0.315 e. The number of carbonyl (C=O) groups is 1. The van der Waals surface area contributed by atoms with Gasteiger partial charge in [-0.2, -0.15) is 0 Å². The van der Waals surface area contributed by atoms with Gasteiger partial charge in [-0.05, 0) is 48.2 Å². The first-order valence-corrected chi connectivity index (χ1v) is 8.61. The van der Waals surface area contributed by atoms with Gasteiger partial charge in [-0.3, -0.25) is 0 Å². The van der Waals surface area contributed by atoms with Crippen molar-refractivity contribution >= 4 is 17.6 Å². The molecule has 2 aromatic rings. The molecule has 0 aliphatic carbocycles. The molecule has 1 aliphatic heterocycles. The van der Waals surface area contributed by atoms with Gasteiger partial charge in [-0.1, -0.05) is 29.8 Å². The third kappa shape index (κ3) is 4.57. The molecule has 1 unspecified atom stereocenters. The van der Waals surface area contributed by atoms with E-state index in [4.69, 9.17) is 21.1 Å². The van der Waals surface area contributed by atoms with E-state index < -0.39 is 0 Å². The molecule has 0 bridgehead atoms. The largest absolute Gasteiger partial charge is 0.497 e. The van der Waals surface area contributed by atoms with Gasteiger partial charge in [0, 0.05) is 11.6 Å². The number of rotatable bonds is 5. The normalized spacial score (nSPS) is 15.7. The average Bonchev–Trinajstić information content (AvgIpc) is 2.62. The Labute approximate surface area is 152 Å². The van der Waals surface area contributed by atoms with Crippen LogP contribution in [0.2, 0.25) is 5.02 Å². The Morgan fingerprint density at radius 2 is 2.16 bits per heavy atom. The van der Waals surface area contributed by atoms with Gasteiger partial charge < -0.3 is 20.1 Å². The van der Waals surface area contributed by atoms with Crippen molar-refractivity contribution in [3.8, 4) is 11.5 Å². The van der Waals surface area contributed by atoms with E-state index in [0.717, 1.165) is 27.6 Å². The molecular weight excluding hydrogens is 340 g/mol. The molecule has 2 amide bonds. The highest BCUT2D eigenvalue weighted by molar-refractivity contribution is 6.31. The van der Waals surface area contributed by atoms with Crippen LogP contribution in [0, 0.1) is 0 Å². The molecule has 0 fully saturated rings. The lowest BCUT2D eigenvalue weighted by atomic mass is 10.0. The number of benzene rings is 2. The molecule has 3 rings (SSSR count). The maximum absolute atomic E-state index is 12.1. The number of hydrogen-bond acceptors (Lipinski definition) is 3. The first-order chi connectivity index (χ1) is 12.2. The Kier molecular flexibility index (Phi) is 5.66. The molecule has 132 valence electrons. The lowest BCUT2D eigenvalue weighted by molar-refractivity contribution is 0.214. The second-order valence-electron chi connectivity index (χ2n) is 5.93. The minimum absolute atomic E-state index is 0.0695. The van der Waals surface area contributed by atoms with Crippen LogP contribution in [0.4, 0.5) is 4.79 Å². The van der Waals surface area contributed by atoms with E-state index in [1.807, 2.05) is 42.5 Å². The number of ether oxygens (including phenoxy) is 2. The number of nitrogens with one attached hydrogen (secondary N) is 2. The van der Waals surface area contributed by atoms with E-state index in [1.54, 1.807) is 7.11 Å². The Balaban J connectivity index is 1.48. The summed E-state index contributed by atoms with van der Waals surface area (Å²) in [6.45, 7) is 0.977. The Bertz CT molecular complexity index is 751. The van der Waals surface area contributed by atoms with Crippen LogP contribution < -0.4 is 20.1 Å². The fourth-order valence-electron chi connectivity index (χ4n) is 2.84. The number of halogens is 1. The highest BCUT2D eigenvalue weighted by Gasteiger charge is 2.21. The van der Waals surface area contributed by atoms with Crippen LogP contribution in [0.15, 0.2) is 42.5 Å². The molecule has 0 saturated heterocycles.